The summed E-state index contributed by atoms with van der Waals surface area (Å²) in [5.41, 5.74) is 3.31. The number of hydrogen-bond donors (Lipinski definition) is 1. The summed E-state index contributed by atoms with van der Waals surface area (Å²) in [5, 5.41) is 12.0. The standard InChI is InChI=1S/C13H10N4S/c1-2-4-11-10(3-1)13-15-12(9-5-6-18-7-9)16-17(13)8-14-11/h1-7,14H,8H2. The average Bonchev–Trinajstić information content (AvgIpc) is 3.07. The van der Waals surface area contributed by atoms with Crippen LogP contribution >= 0.6 is 11.3 Å². The summed E-state index contributed by atoms with van der Waals surface area (Å²) in [6.45, 7) is 0.670. The van der Waals surface area contributed by atoms with Crippen LogP contribution in [-0.4, -0.2) is 14.8 Å². The fourth-order valence-electron chi connectivity index (χ4n) is 2.16. The molecular formula is C13H10N4S. The van der Waals surface area contributed by atoms with Gasteiger partial charge in [-0.1, -0.05) is 12.1 Å². The smallest absolute Gasteiger partial charge is 0.182 e. The van der Waals surface area contributed by atoms with Crippen molar-refractivity contribution in [2.45, 2.75) is 6.67 Å². The van der Waals surface area contributed by atoms with E-state index < -0.39 is 0 Å². The second-order valence-corrected chi connectivity index (χ2v) is 4.93. The predicted molar refractivity (Wildman–Crippen MR) is 72.4 cm³/mol. The van der Waals surface area contributed by atoms with E-state index in [2.05, 4.69) is 32.9 Å². The zero-order valence-electron chi connectivity index (χ0n) is 9.50. The minimum atomic E-state index is 0.670. The molecule has 1 aromatic carbocycles. The summed E-state index contributed by atoms with van der Waals surface area (Å²) >= 11 is 1.66. The average molecular weight is 254 g/mol. The second-order valence-electron chi connectivity index (χ2n) is 4.15. The SMILES string of the molecule is c1ccc2c(c1)NCn1nc(-c3ccsc3)nc1-2. The van der Waals surface area contributed by atoms with E-state index in [0.29, 0.717) is 6.67 Å². The van der Waals surface area contributed by atoms with Gasteiger partial charge >= 0.3 is 0 Å². The molecule has 0 atom stereocenters. The highest BCUT2D eigenvalue weighted by Crippen LogP contribution is 2.31. The molecule has 2 aromatic heterocycles. The maximum atomic E-state index is 4.65. The Labute approximate surface area is 108 Å². The Balaban J connectivity index is 1.90. The Morgan fingerprint density at radius 3 is 3.06 bits per heavy atom. The lowest BCUT2D eigenvalue weighted by molar-refractivity contribution is 0.668. The van der Waals surface area contributed by atoms with Crippen molar-refractivity contribution >= 4 is 17.0 Å². The zero-order valence-corrected chi connectivity index (χ0v) is 10.3. The Kier molecular flexibility index (Phi) is 2.01. The fourth-order valence-corrected chi connectivity index (χ4v) is 2.79. The fraction of sp³-hybridized carbons (Fsp3) is 0.0769. The van der Waals surface area contributed by atoms with Gasteiger partial charge in [0.2, 0.25) is 0 Å². The van der Waals surface area contributed by atoms with Gasteiger partial charge in [0.25, 0.3) is 0 Å². The van der Waals surface area contributed by atoms with Crippen LogP contribution in [0.2, 0.25) is 0 Å². The van der Waals surface area contributed by atoms with Crippen molar-refractivity contribution in [3.63, 3.8) is 0 Å². The van der Waals surface area contributed by atoms with Gasteiger partial charge in [-0.15, -0.1) is 5.10 Å². The number of thiophene rings is 1. The number of anilines is 1. The monoisotopic (exact) mass is 254 g/mol. The lowest BCUT2D eigenvalue weighted by atomic mass is 10.1. The molecule has 0 bridgehead atoms. The predicted octanol–water partition coefficient (Wildman–Crippen LogP) is 3.06. The molecule has 0 saturated carbocycles. The van der Waals surface area contributed by atoms with E-state index in [1.807, 2.05) is 28.3 Å². The number of fused-ring (bicyclic) bond motifs is 3. The second kappa shape index (κ2) is 3.68. The molecule has 0 spiro atoms. The highest BCUT2D eigenvalue weighted by Gasteiger charge is 2.19. The Bertz CT molecular complexity index is 700. The van der Waals surface area contributed by atoms with Gasteiger partial charge in [-0.3, -0.25) is 0 Å². The third-order valence-electron chi connectivity index (χ3n) is 3.04. The molecule has 4 rings (SSSR count). The molecule has 1 aliphatic heterocycles. The highest BCUT2D eigenvalue weighted by molar-refractivity contribution is 7.08. The van der Waals surface area contributed by atoms with Crippen LogP contribution in [0.15, 0.2) is 41.1 Å². The quantitative estimate of drug-likeness (QED) is 0.725. The molecular weight excluding hydrogens is 244 g/mol. The summed E-state index contributed by atoms with van der Waals surface area (Å²) in [4.78, 5) is 4.65. The molecule has 0 saturated heterocycles. The number of para-hydroxylation sites is 1. The summed E-state index contributed by atoms with van der Waals surface area (Å²) < 4.78 is 1.91. The van der Waals surface area contributed by atoms with E-state index in [1.54, 1.807) is 11.3 Å². The number of aromatic nitrogens is 3. The number of hydrogen-bond acceptors (Lipinski definition) is 4. The van der Waals surface area contributed by atoms with Gasteiger partial charge in [-0.25, -0.2) is 9.67 Å². The van der Waals surface area contributed by atoms with E-state index in [0.717, 1.165) is 28.5 Å². The molecule has 0 fully saturated rings. The number of nitrogens with one attached hydrogen (secondary N) is 1. The van der Waals surface area contributed by atoms with E-state index in [4.69, 9.17) is 0 Å². The van der Waals surface area contributed by atoms with Gasteiger partial charge in [-0.2, -0.15) is 11.3 Å². The topological polar surface area (TPSA) is 42.7 Å². The Hall–Kier alpha value is -2.14. The first kappa shape index (κ1) is 9.85. The molecule has 18 heavy (non-hydrogen) atoms. The zero-order chi connectivity index (χ0) is 11.9. The molecule has 0 amide bonds. The Morgan fingerprint density at radius 1 is 1.22 bits per heavy atom. The van der Waals surface area contributed by atoms with Crippen LogP contribution in [0.3, 0.4) is 0 Å². The number of rotatable bonds is 1. The first-order chi connectivity index (χ1) is 8.92. The summed E-state index contributed by atoms with van der Waals surface area (Å²) in [5.74, 6) is 1.73. The normalized spacial score (nSPS) is 12.7. The Morgan fingerprint density at radius 2 is 2.17 bits per heavy atom. The molecule has 0 radical (unpaired) electrons. The van der Waals surface area contributed by atoms with Crippen molar-refractivity contribution in [3.8, 4) is 22.8 Å². The van der Waals surface area contributed by atoms with E-state index >= 15 is 0 Å². The van der Waals surface area contributed by atoms with Crippen LogP contribution < -0.4 is 5.32 Å². The van der Waals surface area contributed by atoms with Crippen LogP contribution in [0, 0.1) is 0 Å². The largest absolute Gasteiger partial charge is 0.366 e. The van der Waals surface area contributed by atoms with Crippen molar-refractivity contribution in [2.24, 2.45) is 0 Å². The third-order valence-corrected chi connectivity index (χ3v) is 3.72. The minimum absolute atomic E-state index is 0.670. The van der Waals surface area contributed by atoms with Gasteiger partial charge in [0.1, 0.15) is 6.67 Å². The van der Waals surface area contributed by atoms with E-state index in [9.17, 15) is 0 Å². The van der Waals surface area contributed by atoms with Crippen LogP contribution in [-0.2, 0) is 6.67 Å². The maximum absolute atomic E-state index is 4.65. The van der Waals surface area contributed by atoms with Crippen molar-refractivity contribution in [1.29, 1.82) is 0 Å². The minimum Gasteiger partial charge on any atom is -0.366 e. The lowest BCUT2D eigenvalue weighted by Crippen LogP contribution is -2.16. The van der Waals surface area contributed by atoms with Crippen LogP contribution in [0.1, 0.15) is 0 Å². The molecule has 0 aliphatic carbocycles. The third kappa shape index (κ3) is 1.37. The summed E-state index contributed by atoms with van der Waals surface area (Å²) in [7, 11) is 0. The molecule has 4 nitrogen and oxygen atoms in total. The van der Waals surface area contributed by atoms with Crippen molar-refractivity contribution in [3.05, 3.63) is 41.1 Å². The van der Waals surface area contributed by atoms with Crippen molar-refractivity contribution < 1.29 is 0 Å². The van der Waals surface area contributed by atoms with E-state index in [1.165, 1.54) is 0 Å². The molecule has 0 unspecified atom stereocenters. The summed E-state index contributed by atoms with van der Waals surface area (Å²) in [6.07, 6.45) is 0. The summed E-state index contributed by atoms with van der Waals surface area (Å²) in [6, 6.07) is 10.2. The first-order valence-corrected chi connectivity index (χ1v) is 6.67. The van der Waals surface area contributed by atoms with Gasteiger partial charge in [0.05, 0.1) is 0 Å². The van der Waals surface area contributed by atoms with Gasteiger partial charge < -0.3 is 5.32 Å². The van der Waals surface area contributed by atoms with Crippen molar-refractivity contribution in [2.75, 3.05) is 5.32 Å². The first-order valence-electron chi connectivity index (χ1n) is 5.72. The maximum Gasteiger partial charge on any atom is 0.182 e. The van der Waals surface area contributed by atoms with Crippen LogP contribution in [0.25, 0.3) is 22.8 Å². The van der Waals surface area contributed by atoms with Gasteiger partial charge in [0, 0.05) is 22.2 Å². The number of nitrogens with zero attached hydrogens (tertiary/aromatic N) is 3. The molecule has 3 aromatic rings. The molecule has 88 valence electrons. The van der Waals surface area contributed by atoms with Gasteiger partial charge in [-0.05, 0) is 23.6 Å². The van der Waals surface area contributed by atoms with E-state index in [-0.39, 0.29) is 0 Å². The van der Waals surface area contributed by atoms with Crippen molar-refractivity contribution in [1.82, 2.24) is 14.8 Å². The molecule has 3 heterocycles. The molecule has 1 N–H and O–H groups in total. The molecule has 1 aliphatic rings. The van der Waals surface area contributed by atoms with Crippen LogP contribution in [0.4, 0.5) is 5.69 Å². The molecule has 5 heteroatoms. The lowest BCUT2D eigenvalue weighted by Gasteiger charge is -2.17. The van der Waals surface area contributed by atoms with Gasteiger partial charge in [0.15, 0.2) is 11.6 Å². The highest BCUT2D eigenvalue weighted by atomic mass is 32.1. The number of benzene rings is 1. The van der Waals surface area contributed by atoms with Crippen LogP contribution in [0.5, 0.6) is 0 Å².